The fourth-order valence-corrected chi connectivity index (χ4v) is 14.9. The first-order valence-electron chi connectivity index (χ1n) is 38.8. The van der Waals surface area contributed by atoms with Crippen LogP contribution in [0.5, 0.6) is 17.2 Å². The standard InChI is InChI=1S/2C30H28F2N4O5.C27H26F2N6O4/c2*31-30(32)17-36(29(40)25(38)16-37)10-8-27(30)41-26-7-6-19(11-21(26)14-33)18-3-1-5-22(12-18)35-28(39)24-13-23(24)20-4-2-9-34-15-20;1-34-13-18(12-32-34)20-10-21(20)26(38)33-19-4-6-31-22(9-19)16-2-3-23(17(8-16)11-30)39-24-5-7-35(25(37)14-36)15-27(24,28)29/h2*1-7,9,11-12,15,23-25,27,37-38H,8,10,13,16-17H2,(H,35,39);2-4,6,8-9,12-13,20-21,24,36H,5,7,10,14-15H2,1H3,(H,31,33,38)/t23-,24+,25+,27+;23-,24+,25-,27-;20-,21?,24+/m101/s1. The predicted octanol–water partition coefficient (Wildman–Crippen LogP) is 9.36. The van der Waals surface area contributed by atoms with Crippen LogP contribution in [-0.2, 0) is 35.8 Å². The molecule has 6 fully saturated rings. The van der Waals surface area contributed by atoms with E-state index in [1.807, 2.05) is 67.9 Å². The second kappa shape index (κ2) is 37.0. The molecule has 5 aromatic carbocycles. The highest BCUT2D eigenvalue weighted by Crippen LogP contribution is 2.51. The Morgan fingerprint density at radius 3 is 1.25 bits per heavy atom. The number of likely N-dealkylation sites (tertiary alicyclic amines) is 3. The van der Waals surface area contributed by atoms with Gasteiger partial charge in [0.15, 0.2) is 30.5 Å². The Morgan fingerprint density at radius 2 is 0.868 bits per heavy atom. The van der Waals surface area contributed by atoms with Gasteiger partial charge in [-0.1, -0.05) is 48.5 Å². The summed E-state index contributed by atoms with van der Waals surface area (Å²) in [6.07, 6.45) is 5.55. The van der Waals surface area contributed by atoms with Crippen molar-refractivity contribution in [1.29, 1.82) is 15.8 Å². The molecule has 3 saturated carbocycles. The monoisotopic (exact) mass is 1660 g/mol. The van der Waals surface area contributed by atoms with Crippen molar-refractivity contribution in [2.75, 3.05) is 75.0 Å². The van der Waals surface area contributed by atoms with Gasteiger partial charge in [0, 0.05) is 124 Å². The lowest BCUT2D eigenvalue weighted by molar-refractivity contribution is -0.167. The number of aromatic nitrogens is 5. The summed E-state index contributed by atoms with van der Waals surface area (Å²) in [5, 5.41) is 88.0. The van der Waals surface area contributed by atoms with Crippen molar-refractivity contribution >= 4 is 52.5 Å². The average molecular weight is 1660 g/mol. The molecule has 0 bridgehead atoms. The smallest absolute Gasteiger partial charge is 0.301 e. The molecule has 34 heteroatoms. The maximum absolute atomic E-state index is 14.9. The number of ether oxygens (including phenoxy) is 3. The van der Waals surface area contributed by atoms with Crippen LogP contribution in [0.4, 0.5) is 43.4 Å². The molecular formula is C87H82F6N14O14. The highest BCUT2D eigenvalue weighted by atomic mass is 19.3. The molecule has 6 amide bonds. The Labute approximate surface area is 689 Å². The van der Waals surface area contributed by atoms with Crippen molar-refractivity contribution in [3.05, 3.63) is 216 Å². The SMILES string of the molecule is Cn1cc([C@H]2CC2C(=O)Nc2ccnc(-c3ccc(O[C@H]4CCN(C(=O)CO)CC4(F)F)c(C#N)c3)c2)cn1.N#Cc1cc(-c2cccc(NC(=O)[C@@H]3C[C@H]3c3cccnc3)c2)ccc1O[C@H]1CCN(C(=O)[C@@H](O)CO)CC1(F)F.N#Cc1cc(-c2cccc(NC(=O)[C@H]3C[C@@H]3c3cccnc3)c2)ccc1O[C@H]1CCN(C(=O)[C@@H](O)CO)CC1(F)F. The van der Waals surface area contributed by atoms with Gasteiger partial charge in [-0.25, -0.2) is 26.3 Å². The Hall–Kier alpha value is -13.2. The molecule has 6 aliphatic rings. The largest absolute Gasteiger partial charge is 0.483 e. The minimum atomic E-state index is -3.45. The Balaban J connectivity index is 0.000000157. The molecule has 28 nitrogen and oxygen atoms in total. The van der Waals surface area contributed by atoms with Crippen molar-refractivity contribution in [3.8, 4) is 69.0 Å². The van der Waals surface area contributed by atoms with E-state index in [4.69, 9.17) is 29.5 Å². The summed E-state index contributed by atoms with van der Waals surface area (Å²) >= 11 is 0. The van der Waals surface area contributed by atoms with Gasteiger partial charge in [-0.2, -0.15) is 20.9 Å². The van der Waals surface area contributed by atoms with E-state index >= 15 is 0 Å². The van der Waals surface area contributed by atoms with Gasteiger partial charge in [0.05, 0.1) is 61.4 Å². The summed E-state index contributed by atoms with van der Waals surface area (Å²) in [5.74, 6) is -13.3. The number of halogens is 6. The third-order valence-corrected chi connectivity index (χ3v) is 21.7. The molecule has 9 aromatic rings. The summed E-state index contributed by atoms with van der Waals surface area (Å²) in [6.45, 7) is -5.58. The van der Waals surface area contributed by atoms with Gasteiger partial charge in [0.25, 0.3) is 11.8 Å². The second-order valence-corrected chi connectivity index (χ2v) is 30.3. The number of aliphatic hydroxyl groups excluding tert-OH is 5. The number of nitrogens with one attached hydrogen (secondary N) is 3. The van der Waals surface area contributed by atoms with E-state index in [-0.39, 0.29) is 126 Å². The van der Waals surface area contributed by atoms with Gasteiger partial charge in [0.2, 0.25) is 23.6 Å². The van der Waals surface area contributed by atoms with Crippen LogP contribution >= 0.6 is 0 Å². The van der Waals surface area contributed by atoms with Crippen LogP contribution in [0.15, 0.2) is 183 Å². The predicted molar refractivity (Wildman–Crippen MR) is 423 cm³/mol. The Kier molecular flexibility index (Phi) is 26.2. The van der Waals surface area contributed by atoms with E-state index in [9.17, 15) is 81.1 Å². The van der Waals surface area contributed by atoms with Crippen LogP contribution in [0, 0.1) is 51.7 Å². The van der Waals surface area contributed by atoms with Gasteiger partial charge in [0.1, 0.15) is 42.1 Å². The van der Waals surface area contributed by atoms with Crippen molar-refractivity contribution in [2.24, 2.45) is 24.8 Å². The Morgan fingerprint density at radius 1 is 0.479 bits per heavy atom. The molecule has 3 aliphatic heterocycles. The quantitative estimate of drug-likeness (QED) is 0.0276. The zero-order valence-corrected chi connectivity index (χ0v) is 64.9. The second-order valence-electron chi connectivity index (χ2n) is 30.3. The van der Waals surface area contributed by atoms with E-state index in [1.54, 1.807) is 102 Å². The van der Waals surface area contributed by atoms with Gasteiger partial charge >= 0.3 is 17.8 Å². The number of aliphatic hydroxyl groups is 5. The molecule has 121 heavy (non-hydrogen) atoms. The number of nitriles is 3. The Bertz CT molecular complexity index is 5240. The minimum Gasteiger partial charge on any atom is -0.483 e. The lowest BCUT2D eigenvalue weighted by atomic mass is 10.0. The fourth-order valence-electron chi connectivity index (χ4n) is 14.9. The zero-order valence-electron chi connectivity index (χ0n) is 64.9. The number of nitrogens with zero attached hydrogens (tertiary/aromatic N) is 11. The molecular weight excluding hydrogens is 1580 g/mol. The van der Waals surface area contributed by atoms with Crippen molar-refractivity contribution in [1.82, 2.24) is 39.4 Å². The van der Waals surface area contributed by atoms with Crippen molar-refractivity contribution in [3.63, 3.8) is 0 Å². The molecule has 3 saturated heterocycles. The number of alkyl halides is 6. The molecule has 8 N–H and O–H groups in total. The normalized spacial score (nSPS) is 21.8. The first-order valence-corrected chi connectivity index (χ1v) is 38.8. The van der Waals surface area contributed by atoms with Crippen molar-refractivity contribution < 1.29 is 94.9 Å². The number of pyridine rings is 3. The molecule has 3 aliphatic carbocycles. The molecule has 7 heterocycles. The van der Waals surface area contributed by atoms with E-state index in [1.165, 1.54) is 42.6 Å². The molecule has 0 spiro atoms. The lowest BCUT2D eigenvalue weighted by Crippen LogP contribution is -2.57. The summed E-state index contributed by atoms with van der Waals surface area (Å²) in [5.41, 5.74) is 8.71. The maximum atomic E-state index is 14.9. The molecule has 626 valence electrons. The van der Waals surface area contributed by atoms with Crippen LogP contribution in [0.25, 0.3) is 33.5 Å². The number of anilines is 3. The summed E-state index contributed by atoms with van der Waals surface area (Å²) in [7, 11) is 1.83. The van der Waals surface area contributed by atoms with E-state index in [0.29, 0.717) is 50.6 Å². The molecule has 0 radical (unpaired) electrons. The van der Waals surface area contributed by atoms with E-state index in [0.717, 1.165) is 50.7 Å². The highest BCUT2D eigenvalue weighted by Gasteiger charge is 2.52. The highest BCUT2D eigenvalue weighted by molar-refractivity contribution is 5.97. The number of carbonyl (C=O) groups is 6. The third kappa shape index (κ3) is 20.6. The fraction of sp³-hybridized carbons (Fsp3) is 0.345. The number of rotatable bonds is 23. The topological polar surface area (TPSA) is 405 Å². The van der Waals surface area contributed by atoms with Crippen LogP contribution in [0.2, 0.25) is 0 Å². The van der Waals surface area contributed by atoms with E-state index in [2.05, 4.69) is 36.0 Å². The van der Waals surface area contributed by atoms with Gasteiger partial charge in [-0.15, -0.1) is 0 Å². The number of hydrogen-bond donors (Lipinski definition) is 8. The van der Waals surface area contributed by atoms with Gasteiger partial charge in [-0.05, 0) is 167 Å². The maximum Gasteiger partial charge on any atom is 0.301 e. The first kappa shape index (κ1) is 85.7. The molecule has 15 rings (SSSR count). The zero-order chi connectivity index (χ0) is 86.0. The third-order valence-electron chi connectivity index (χ3n) is 21.7. The van der Waals surface area contributed by atoms with Crippen LogP contribution in [0.3, 0.4) is 0 Å². The molecule has 11 atom stereocenters. The number of benzene rings is 5. The minimum absolute atomic E-state index is 0.00585. The summed E-state index contributed by atoms with van der Waals surface area (Å²) in [6, 6.07) is 45.0. The van der Waals surface area contributed by atoms with Gasteiger partial charge in [-0.3, -0.25) is 48.4 Å². The van der Waals surface area contributed by atoms with Crippen molar-refractivity contribution in [2.45, 2.75) is 105 Å². The number of aryl methyl sites for hydroxylation is 1. The molecule has 4 aromatic heterocycles. The van der Waals surface area contributed by atoms with Crippen LogP contribution < -0.4 is 30.2 Å². The van der Waals surface area contributed by atoms with E-state index < -0.39 is 105 Å². The summed E-state index contributed by atoms with van der Waals surface area (Å²) in [4.78, 5) is 89.1. The first-order chi connectivity index (χ1) is 58.1. The van der Waals surface area contributed by atoms with Crippen LogP contribution in [-0.4, -0.2) is 208 Å². The van der Waals surface area contributed by atoms with Gasteiger partial charge < -0.3 is 70.4 Å². The summed E-state index contributed by atoms with van der Waals surface area (Å²) < 4.78 is 107. The number of carbonyl (C=O) groups excluding carboxylic acids is 6. The number of piperidine rings is 3. The number of hydrogen-bond acceptors (Lipinski definition) is 21. The molecule has 1 unspecified atom stereocenters. The number of amides is 6. The average Bonchev–Trinajstić information content (AvgIpc) is 1.55. The van der Waals surface area contributed by atoms with Crippen LogP contribution in [0.1, 0.15) is 89.7 Å². The lowest BCUT2D eigenvalue weighted by Gasteiger charge is -2.38.